The summed E-state index contributed by atoms with van der Waals surface area (Å²) in [5, 5.41) is 5.95. The molecule has 2 aliphatic rings. The van der Waals surface area contributed by atoms with Crippen molar-refractivity contribution in [2.45, 2.75) is 24.9 Å². The summed E-state index contributed by atoms with van der Waals surface area (Å²) in [6, 6.07) is 10.3. The van der Waals surface area contributed by atoms with Gasteiger partial charge >= 0.3 is 0 Å². The molecule has 0 unspecified atom stereocenters. The van der Waals surface area contributed by atoms with Crippen molar-refractivity contribution in [1.82, 2.24) is 19.1 Å². The Bertz CT molecular complexity index is 958. The number of anilines is 2. The molecule has 5 rings (SSSR count). The molecule has 3 aromatic rings. The van der Waals surface area contributed by atoms with Crippen molar-refractivity contribution in [2.24, 2.45) is 0 Å². The molecule has 2 aromatic heterocycles. The van der Waals surface area contributed by atoms with E-state index in [2.05, 4.69) is 32.6 Å². The van der Waals surface area contributed by atoms with Gasteiger partial charge in [0.1, 0.15) is 5.60 Å². The van der Waals surface area contributed by atoms with Crippen molar-refractivity contribution in [1.29, 1.82) is 0 Å². The van der Waals surface area contributed by atoms with Crippen molar-refractivity contribution in [3.05, 3.63) is 47.8 Å². The Balaban J connectivity index is 1.38. The van der Waals surface area contributed by atoms with E-state index >= 15 is 0 Å². The molecular weight excluding hydrogens is 372 g/mol. The summed E-state index contributed by atoms with van der Waals surface area (Å²) in [4.78, 5) is 8.92. The lowest BCUT2D eigenvalue weighted by Gasteiger charge is -2.42. The van der Waals surface area contributed by atoms with Gasteiger partial charge in [0.25, 0.3) is 0 Å². The first-order chi connectivity index (χ1) is 13.6. The third-order valence-corrected chi connectivity index (χ3v) is 6.41. The summed E-state index contributed by atoms with van der Waals surface area (Å²) in [5.74, 6) is 0.776. The number of rotatable bonds is 3. The van der Waals surface area contributed by atoms with Crippen LogP contribution < -0.4 is 9.80 Å². The molecule has 8 heteroatoms. The molecule has 0 amide bonds. The maximum absolute atomic E-state index is 6.37. The van der Waals surface area contributed by atoms with Crippen LogP contribution in [0, 0.1) is 0 Å². The highest BCUT2D eigenvalue weighted by Gasteiger charge is 2.43. The molecule has 1 aromatic carbocycles. The number of aromatic nitrogens is 4. The highest BCUT2D eigenvalue weighted by atomic mass is 32.1. The van der Waals surface area contributed by atoms with Crippen LogP contribution >= 0.6 is 11.5 Å². The topological polar surface area (TPSA) is 59.3 Å². The first-order valence-electron chi connectivity index (χ1n) is 9.69. The molecule has 0 radical (unpaired) electrons. The first kappa shape index (κ1) is 17.6. The van der Waals surface area contributed by atoms with Gasteiger partial charge in [0.05, 0.1) is 18.0 Å². The van der Waals surface area contributed by atoms with Gasteiger partial charge in [0.2, 0.25) is 11.1 Å². The van der Waals surface area contributed by atoms with E-state index in [0.29, 0.717) is 0 Å². The Labute approximate surface area is 168 Å². The van der Waals surface area contributed by atoms with E-state index in [4.69, 9.17) is 9.84 Å². The molecule has 0 N–H and O–H groups in total. The summed E-state index contributed by atoms with van der Waals surface area (Å²) in [5.41, 5.74) is 3.25. The fraction of sp³-hybridized carbons (Fsp3) is 0.450. The van der Waals surface area contributed by atoms with Crippen LogP contribution in [-0.4, -0.2) is 52.9 Å². The average Bonchev–Trinajstić information content (AvgIpc) is 3.38. The van der Waals surface area contributed by atoms with Gasteiger partial charge < -0.3 is 14.5 Å². The molecule has 1 spiro atoms. The minimum absolute atomic E-state index is 0.279. The monoisotopic (exact) mass is 396 g/mol. The van der Waals surface area contributed by atoms with E-state index in [1.54, 1.807) is 0 Å². The SMILES string of the molecule is CN(C)c1nsc(N2CCC3(CC2)OCCc2cn(-c4ccccc4)nc23)n1. The average molecular weight is 397 g/mol. The molecule has 1 fully saturated rings. The lowest BCUT2D eigenvalue weighted by Crippen LogP contribution is -2.46. The molecule has 2 aliphatic heterocycles. The van der Waals surface area contributed by atoms with Crippen LogP contribution in [-0.2, 0) is 16.8 Å². The lowest BCUT2D eigenvalue weighted by atomic mass is 9.84. The van der Waals surface area contributed by atoms with Crippen molar-refractivity contribution in [2.75, 3.05) is 43.6 Å². The normalized spacial score (nSPS) is 18.3. The number of fused-ring (bicyclic) bond motifs is 2. The van der Waals surface area contributed by atoms with E-state index in [9.17, 15) is 0 Å². The second-order valence-electron chi connectivity index (χ2n) is 7.63. The second kappa shape index (κ2) is 6.86. The Morgan fingerprint density at radius 1 is 1.14 bits per heavy atom. The minimum atomic E-state index is -0.279. The Morgan fingerprint density at radius 3 is 2.64 bits per heavy atom. The quantitative estimate of drug-likeness (QED) is 0.679. The molecule has 0 bridgehead atoms. The smallest absolute Gasteiger partial charge is 0.238 e. The van der Waals surface area contributed by atoms with Gasteiger partial charge in [-0.15, -0.1) is 0 Å². The van der Waals surface area contributed by atoms with Crippen LogP contribution in [0.5, 0.6) is 0 Å². The van der Waals surface area contributed by atoms with E-state index in [0.717, 1.165) is 61.4 Å². The highest BCUT2D eigenvalue weighted by Crippen LogP contribution is 2.42. The Morgan fingerprint density at radius 2 is 1.93 bits per heavy atom. The van der Waals surface area contributed by atoms with E-state index in [1.165, 1.54) is 17.1 Å². The van der Waals surface area contributed by atoms with Gasteiger partial charge in [-0.3, -0.25) is 0 Å². The molecule has 28 heavy (non-hydrogen) atoms. The molecule has 0 saturated carbocycles. The largest absolute Gasteiger partial charge is 0.368 e. The fourth-order valence-electron chi connectivity index (χ4n) is 4.07. The molecular formula is C20H24N6OS. The zero-order chi connectivity index (χ0) is 19.1. The maximum atomic E-state index is 6.37. The van der Waals surface area contributed by atoms with Crippen LogP contribution in [0.3, 0.4) is 0 Å². The summed E-state index contributed by atoms with van der Waals surface area (Å²) in [6.07, 6.45) is 4.94. The number of hydrogen-bond acceptors (Lipinski definition) is 7. The number of nitrogens with zero attached hydrogens (tertiary/aromatic N) is 6. The molecule has 146 valence electrons. The summed E-state index contributed by atoms with van der Waals surface area (Å²) in [6.45, 7) is 2.57. The fourth-order valence-corrected chi connectivity index (χ4v) is 4.86. The van der Waals surface area contributed by atoms with Gasteiger partial charge in [-0.2, -0.15) is 14.5 Å². The molecule has 4 heterocycles. The Kier molecular flexibility index (Phi) is 4.32. The van der Waals surface area contributed by atoms with E-state index < -0.39 is 0 Å². The zero-order valence-corrected chi connectivity index (χ0v) is 17.0. The van der Waals surface area contributed by atoms with Crippen molar-refractivity contribution in [3.63, 3.8) is 0 Å². The third kappa shape index (κ3) is 2.97. The van der Waals surface area contributed by atoms with Crippen LogP contribution in [0.1, 0.15) is 24.1 Å². The standard InChI is InChI=1S/C20H24N6OS/c1-24(2)18-21-19(28-23-18)25-11-9-20(10-12-25)17-15(8-13-27-20)14-26(22-17)16-6-4-3-5-7-16/h3-7,14H,8-13H2,1-2H3. The van der Waals surface area contributed by atoms with Gasteiger partial charge in [0.15, 0.2) is 0 Å². The van der Waals surface area contributed by atoms with Gasteiger partial charge in [-0.25, -0.2) is 4.68 Å². The number of benzene rings is 1. The van der Waals surface area contributed by atoms with Gasteiger partial charge in [-0.1, -0.05) is 18.2 Å². The summed E-state index contributed by atoms with van der Waals surface area (Å²) in [7, 11) is 3.94. The minimum Gasteiger partial charge on any atom is -0.368 e. The van der Waals surface area contributed by atoms with Crippen LogP contribution in [0.4, 0.5) is 11.1 Å². The number of piperidine rings is 1. The molecule has 0 atom stereocenters. The predicted octanol–water partition coefficient (Wildman–Crippen LogP) is 2.86. The Hall–Kier alpha value is -2.45. The van der Waals surface area contributed by atoms with E-state index in [1.807, 2.05) is 41.9 Å². The third-order valence-electron chi connectivity index (χ3n) is 5.64. The number of hydrogen-bond donors (Lipinski definition) is 0. The maximum Gasteiger partial charge on any atom is 0.238 e. The number of para-hydroxylation sites is 1. The van der Waals surface area contributed by atoms with Gasteiger partial charge in [0, 0.05) is 44.9 Å². The molecule has 1 saturated heterocycles. The zero-order valence-electron chi connectivity index (χ0n) is 16.2. The van der Waals surface area contributed by atoms with E-state index in [-0.39, 0.29) is 5.60 Å². The van der Waals surface area contributed by atoms with Crippen molar-refractivity contribution >= 4 is 22.6 Å². The molecule has 7 nitrogen and oxygen atoms in total. The van der Waals surface area contributed by atoms with Crippen LogP contribution in [0.15, 0.2) is 36.5 Å². The van der Waals surface area contributed by atoms with Crippen LogP contribution in [0.25, 0.3) is 5.69 Å². The lowest BCUT2D eigenvalue weighted by molar-refractivity contribution is -0.0796. The summed E-state index contributed by atoms with van der Waals surface area (Å²) < 4.78 is 12.8. The summed E-state index contributed by atoms with van der Waals surface area (Å²) >= 11 is 1.47. The molecule has 0 aliphatic carbocycles. The predicted molar refractivity (Wildman–Crippen MR) is 111 cm³/mol. The number of ether oxygens (including phenoxy) is 1. The second-order valence-corrected chi connectivity index (χ2v) is 8.36. The van der Waals surface area contributed by atoms with Crippen molar-refractivity contribution < 1.29 is 4.74 Å². The van der Waals surface area contributed by atoms with Gasteiger partial charge in [-0.05, 0) is 37.0 Å². The van der Waals surface area contributed by atoms with Crippen LogP contribution in [0.2, 0.25) is 0 Å². The van der Waals surface area contributed by atoms with Crippen molar-refractivity contribution in [3.8, 4) is 5.69 Å². The first-order valence-corrected chi connectivity index (χ1v) is 10.5. The highest BCUT2D eigenvalue weighted by molar-refractivity contribution is 7.09.